The average molecular weight is 376 g/mol. The number of carbonyl (C=O) groups excluding carboxylic acids is 1. The largest absolute Gasteiger partial charge is 0.352 e. The number of nitrogens with zero attached hydrogens (tertiary/aromatic N) is 1. The zero-order valence-corrected chi connectivity index (χ0v) is 16.5. The Morgan fingerprint density at radius 3 is 2.67 bits per heavy atom. The first-order chi connectivity index (χ1) is 10.5. The van der Waals surface area contributed by atoms with Crippen LogP contribution in [0.15, 0.2) is 24.3 Å². The van der Waals surface area contributed by atoms with Gasteiger partial charge in [0.2, 0.25) is 5.91 Å². The number of benzene rings is 1. The molecule has 1 unspecified atom stereocenters. The van der Waals surface area contributed by atoms with Crippen molar-refractivity contribution in [3.05, 3.63) is 35.4 Å². The maximum atomic E-state index is 12.0. The Labute approximate surface area is 158 Å². The summed E-state index contributed by atoms with van der Waals surface area (Å²) < 4.78 is 0. The molecule has 1 amide bonds. The minimum absolute atomic E-state index is 0. The van der Waals surface area contributed by atoms with Crippen LogP contribution in [-0.4, -0.2) is 36.5 Å². The molecule has 1 atom stereocenters. The molecule has 4 nitrogen and oxygen atoms in total. The first-order valence-corrected chi connectivity index (χ1v) is 8.32. The molecule has 0 radical (unpaired) electrons. The summed E-state index contributed by atoms with van der Waals surface area (Å²) in [6.45, 7) is 6.99. The van der Waals surface area contributed by atoms with Crippen LogP contribution in [0.1, 0.15) is 44.2 Å². The zero-order valence-electron chi connectivity index (χ0n) is 14.9. The van der Waals surface area contributed by atoms with E-state index in [-0.39, 0.29) is 30.7 Å². The molecule has 6 heteroatoms. The van der Waals surface area contributed by atoms with Gasteiger partial charge in [-0.2, -0.15) is 0 Å². The normalized spacial score (nSPS) is 16.6. The lowest BCUT2D eigenvalue weighted by molar-refractivity contribution is -0.121. The van der Waals surface area contributed by atoms with Crippen LogP contribution in [0.3, 0.4) is 0 Å². The molecular weight excluding hydrogens is 345 g/mol. The molecule has 0 aromatic heterocycles. The SMILES string of the molecule is CC(C)N(C)Cc1cccc(CNC(=O)CC2CCCN2)c1.Cl.Cl. The Morgan fingerprint density at radius 1 is 1.33 bits per heavy atom. The Morgan fingerprint density at radius 2 is 2.04 bits per heavy atom. The predicted molar refractivity (Wildman–Crippen MR) is 105 cm³/mol. The van der Waals surface area contributed by atoms with Gasteiger partial charge in [-0.1, -0.05) is 24.3 Å². The summed E-state index contributed by atoms with van der Waals surface area (Å²) in [4.78, 5) is 14.3. The molecule has 1 aliphatic heterocycles. The van der Waals surface area contributed by atoms with Crippen molar-refractivity contribution in [3.63, 3.8) is 0 Å². The summed E-state index contributed by atoms with van der Waals surface area (Å²) >= 11 is 0. The first kappa shape index (κ1) is 23.2. The van der Waals surface area contributed by atoms with Gasteiger partial charge in [-0.25, -0.2) is 0 Å². The van der Waals surface area contributed by atoms with Gasteiger partial charge in [0.1, 0.15) is 0 Å². The molecular formula is C18H31Cl2N3O. The Bertz CT molecular complexity index is 491. The highest BCUT2D eigenvalue weighted by molar-refractivity contribution is 5.85. The second-order valence-electron chi connectivity index (χ2n) is 6.60. The van der Waals surface area contributed by atoms with Gasteiger partial charge in [0.05, 0.1) is 0 Å². The molecule has 1 saturated heterocycles. The number of hydrogen-bond donors (Lipinski definition) is 2. The van der Waals surface area contributed by atoms with E-state index >= 15 is 0 Å². The third-order valence-corrected chi connectivity index (χ3v) is 4.39. The van der Waals surface area contributed by atoms with Crippen LogP contribution < -0.4 is 10.6 Å². The van der Waals surface area contributed by atoms with E-state index in [9.17, 15) is 4.79 Å². The van der Waals surface area contributed by atoms with E-state index in [1.807, 2.05) is 0 Å². The molecule has 0 spiro atoms. The summed E-state index contributed by atoms with van der Waals surface area (Å²) in [6, 6.07) is 9.38. The molecule has 1 fully saturated rings. The number of halogens is 2. The fourth-order valence-electron chi connectivity index (χ4n) is 2.74. The van der Waals surface area contributed by atoms with Crippen molar-refractivity contribution in [2.75, 3.05) is 13.6 Å². The maximum Gasteiger partial charge on any atom is 0.221 e. The molecule has 1 aromatic rings. The summed E-state index contributed by atoms with van der Waals surface area (Å²) in [5, 5.41) is 6.40. The van der Waals surface area contributed by atoms with E-state index in [2.05, 4.69) is 60.7 Å². The lowest BCUT2D eigenvalue weighted by Gasteiger charge is -2.21. The van der Waals surface area contributed by atoms with E-state index < -0.39 is 0 Å². The maximum absolute atomic E-state index is 12.0. The standard InChI is InChI=1S/C18H29N3O.2ClH/c1-14(2)21(3)13-16-7-4-6-15(10-16)12-20-18(22)11-17-8-5-9-19-17;;/h4,6-7,10,14,17,19H,5,8-9,11-13H2,1-3H3,(H,20,22);2*1H. The molecule has 0 bridgehead atoms. The quantitative estimate of drug-likeness (QED) is 0.769. The number of nitrogens with one attached hydrogen (secondary N) is 2. The van der Waals surface area contributed by atoms with Crippen molar-refractivity contribution in [2.24, 2.45) is 0 Å². The number of amides is 1. The lowest BCUT2D eigenvalue weighted by atomic mass is 10.1. The number of carbonyl (C=O) groups is 1. The van der Waals surface area contributed by atoms with Crippen LogP contribution in [0.2, 0.25) is 0 Å². The molecule has 1 aromatic carbocycles. The summed E-state index contributed by atoms with van der Waals surface area (Å²) in [5.74, 6) is 0.143. The Hall–Kier alpha value is -0.810. The summed E-state index contributed by atoms with van der Waals surface area (Å²) in [7, 11) is 2.13. The van der Waals surface area contributed by atoms with Crippen molar-refractivity contribution in [2.45, 2.75) is 58.3 Å². The molecule has 24 heavy (non-hydrogen) atoms. The highest BCUT2D eigenvalue weighted by Gasteiger charge is 2.17. The van der Waals surface area contributed by atoms with Crippen molar-refractivity contribution < 1.29 is 4.79 Å². The van der Waals surface area contributed by atoms with E-state index in [0.717, 1.165) is 19.5 Å². The van der Waals surface area contributed by atoms with Crippen molar-refractivity contribution in [1.29, 1.82) is 0 Å². The third kappa shape index (κ3) is 7.84. The minimum Gasteiger partial charge on any atom is -0.352 e. The fourth-order valence-corrected chi connectivity index (χ4v) is 2.74. The summed E-state index contributed by atoms with van der Waals surface area (Å²) in [5.41, 5.74) is 2.46. The van der Waals surface area contributed by atoms with Crippen LogP contribution in [0, 0.1) is 0 Å². The lowest BCUT2D eigenvalue weighted by Crippen LogP contribution is -2.31. The van der Waals surface area contributed by atoms with Gasteiger partial charge >= 0.3 is 0 Å². The minimum atomic E-state index is 0. The predicted octanol–water partition coefficient (Wildman–Crippen LogP) is 3.13. The second-order valence-corrected chi connectivity index (χ2v) is 6.60. The van der Waals surface area contributed by atoms with Crippen LogP contribution in [0.4, 0.5) is 0 Å². The van der Waals surface area contributed by atoms with E-state index in [0.29, 0.717) is 25.0 Å². The Balaban J connectivity index is 0.00000264. The fraction of sp³-hybridized carbons (Fsp3) is 0.611. The molecule has 2 N–H and O–H groups in total. The molecule has 1 heterocycles. The number of rotatable bonds is 7. The third-order valence-electron chi connectivity index (χ3n) is 4.39. The average Bonchev–Trinajstić information content (AvgIpc) is 2.98. The van der Waals surface area contributed by atoms with E-state index in [1.165, 1.54) is 17.5 Å². The van der Waals surface area contributed by atoms with Gasteiger partial charge in [0, 0.05) is 31.6 Å². The molecule has 2 rings (SSSR count). The Kier molecular flexibility index (Phi) is 11.3. The molecule has 0 aliphatic carbocycles. The van der Waals surface area contributed by atoms with Crippen molar-refractivity contribution in [3.8, 4) is 0 Å². The van der Waals surface area contributed by atoms with Crippen LogP contribution in [0.25, 0.3) is 0 Å². The topological polar surface area (TPSA) is 44.4 Å². The van der Waals surface area contributed by atoms with Crippen molar-refractivity contribution in [1.82, 2.24) is 15.5 Å². The van der Waals surface area contributed by atoms with Gasteiger partial charge in [-0.3, -0.25) is 9.69 Å². The van der Waals surface area contributed by atoms with Crippen LogP contribution in [-0.2, 0) is 17.9 Å². The van der Waals surface area contributed by atoms with Gasteiger partial charge in [-0.05, 0) is 51.4 Å². The van der Waals surface area contributed by atoms with Crippen LogP contribution >= 0.6 is 24.8 Å². The second kappa shape index (κ2) is 11.7. The van der Waals surface area contributed by atoms with E-state index in [1.54, 1.807) is 0 Å². The molecule has 1 aliphatic rings. The van der Waals surface area contributed by atoms with E-state index in [4.69, 9.17) is 0 Å². The van der Waals surface area contributed by atoms with Gasteiger partial charge in [0.25, 0.3) is 0 Å². The van der Waals surface area contributed by atoms with Gasteiger partial charge in [0.15, 0.2) is 0 Å². The molecule has 138 valence electrons. The number of hydrogen-bond acceptors (Lipinski definition) is 3. The van der Waals surface area contributed by atoms with Gasteiger partial charge in [-0.15, -0.1) is 24.8 Å². The molecule has 0 saturated carbocycles. The van der Waals surface area contributed by atoms with Crippen LogP contribution in [0.5, 0.6) is 0 Å². The zero-order chi connectivity index (χ0) is 15.9. The van der Waals surface area contributed by atoms with Gasteiger partial charge < -0.3 is 10.6 Å². The first-order valence-electron chi connectivity index (χ1n) is 8.32. The van der Waals surface area contributed by atoms with Crippen molar-refractivity contribution >= 4 is 30.7 Å². The monoisotopic (exact) mass is 375 g/mol. The smallest absolute Gasteiger partial charge is 0.221 e. The summed E-state index contributed by atoms with van der Waals surface area (Å²) in [6.07, 6.45) is 2.89. The highest BCUT2D eigenvalue weighted by Crippen LogP contribution is 2.11. The highest BCUT2D eigenvalue weighted by atomic mass is 35.5.